The zero-order valence-corrected chi connectivity index (χ0v) is 50.5. The zero-order valence-electron chi connectivity index (χ0n) is 49.6. The van der Waals surface area contributed by atoms with Crippen LogP contribution in [0.2, 0.25) is 0 Å². The minimum atomic E-state index is -4.77. The smallest absolute Gasteiger partial charge is 0.462 e. The Morgan fingerprint density at radius 3 is 1.08 bits per heavy atom. The van der Waals surface area contributed by atoms with Crippen molar-refractivity contribution in [3.63, 3.8) is 0 Å². The molecule has 11 nitrogen and oxygen atoms in total. The van der Waals surface area contributed by atoms with Crippen molar-refractivity contribution in [1.29, 1.82) is 0 Å². The Balaban J connectivity index is 4.83. The van der Waals surface area contributed by atoms with E-state index < -0.39 is 57.8 Å². The average molecular weight is 1110 g/mol. The number of rotatable bonds is 57. The molecular formula is C66H113O11P. The van der Waals surface area contributed by atoms with E-state index in [0.29, 0.717) is 19.3 Å². The van der Waals surface area contributed by atoms with Crippen molar-refractivity contribution in [2.45, 2.75) is 277 Å². The molecule has 0 saturated heterocycles. The zero-order chi connectivity index (χ0) is 56.9. The Labute approximate surface area is 476 Å². The van der Waals surface area contributed by atoms with E-state index in [2.05, 4.69) is 106 Å². The van der Waals surface area contributed by atoms with Gasteiger partial charge in [-0.15, -0.1) is 0 Å². The monoisotopic (exact) mass is 1110 g/mol. The molecule has 3 atom stereocenters. The Morgan fingerprint density at radius 1 is 0.372 bits per heavy atom. The molecular weight excluding hydrogens is 1000 g/mol. The van der Waals surface area contributed by atoms with E-state index in [0.717, 1.165) is 109 Å². The Bertz CT molecular complexity index is 1680. The lowest BCUT2D eigenvalue weighted by atomic mass is 10.1. The second-order valence-corrected chi connectivity index (χ2v) is 21.9. The Kier molecular flexibility index (Phi) is 56.8. The third kappa shape index (κ3) is 57.1. The first kappa shape index (κ1) is 74.4. The molecule has 2 N–H and O–H groups in total. The van der Waals surface area contributed by atoms with E-state index in [1.54, 1.807) is 0 Å². The molecule has 0 aromatic carbocycles. The quantitative estimate of drug-likeness (QED) is 0.0197. The third-order valence-corrected chi connectivity index (χ3v) is 13.9. The molecule has 0 heterocycles. The summed E-state index contributed by atoms with van der Waals surface area (Å²) < 4.78 is 39.5. The van der Waals surface area contributed by atoms with Crippen molar-refractivity contribution in [2.24, 2.45) is 0 Å². The fourth-order valence-corrected chi connectivity index (χ4v) is 9.04. The van der Waals surface area contributed by atoms with Gasteiger partial charge in [0.25, 0.3) is 0 Å². The van der Waals surface area contributed by atoms with Crippen LogP contribution in [0.1, 0.15) is 265 Å². The average Bonchev–Trinajstić information content (AvgIpc) is 3.43. The van der Waals surface area contributed by atoms with Crippen LogP contribution < -0.4 is 0 Å². The molecule has 0 radical (unpaired) electrons. The normalized spacial score (nSPS) is 14.0. The van der Waals surface area contributed by atoms with Crippen LogP contribution >= 0.6 is 7.82 Å². The summed E-state index contributed by atoms with van der Waals surface area (Å²) in [7, 11) is -4.77. The molecule has 12 heteroatoms. The largest absolute Gasteiger partial charge is 0.472 e. The third-order valence-electron chi connectivity index (χ3n) is 13.0. The summed E-state index contributed by atoms with van der Waals surface area (Å²) in [6, 6.07) is 0. The molecule has 0 rings (SSSR count). The lowest BCUT2D eigenvalue weighted by Gasteiger charge is -2.21. The number of allylic oxidation sites excluding steroid dienone is 16. The summed E-state index contributed by atoms with van der Waals surface area (Å²) in [4.78, 5) is 48.6. The molecule has 0 aliphatic rings. The number of hydrogen-bond donors (Lipinski definition) is 2. The molecule has 78 heavy (non-hydrogen) atoms. The van der Waals surface area contributed by atoms with Gasteiger partial charge < -0.3 is 24.2 Å². The van der Waals surface area contributed by atoms with E-state index in [1.807, 2.05) is 12.2 Å². The van der Waals surface area contributed by atoms with E-state index in [1.165, 1.54) is 96.3 Å². The lowest BCUT2D eigenvalue weighted by Crippen LogP contribution is -2.30. The maximum atomic E-state index is 12.9. The molecule has 0 aromatic rings. The van der Waals surface area contributed by atoms with Crippen molar-refractivity contribution < 1.29 is 52.2 Å². The maximum Gasteiger partial charge on any atom is 0.472 e. The highest BCUT2D eigenvalue weighted by Crippen LogP contribution is 2.43. The number of carbonyl (C=O) groups is 3. The van der Waals surface area contributed by atoms with Crippen LogP contribution in [0.25, 0.3) is 0 Å². The summed E-state index contributed by atoms with van der Waals surface area (Å²) in [5.74, 6) is -1.58. The molecule has 0 aliphatic carbocycles. The Morgan fingerprint density at radius 2 is 0.692 bits per heavy atom. The Hall–Kier alpha value is -3.60. The number of aliphatic hydroxyl groups is 1. The molecule has 0 aromatic heterocycles. The highest BCUT2D eigenvalue weighted by Gasteiger charge is 2.28. The van der Waals surface area contributed by atoms with Crippen LogP contribution in [0.5, 0.6) is 0 Å². The highest BCUT2D eigenvalue weighted by molar-refractivity contribution is 7.47. The molecule has 0 saturated carbocycles. The minimum Gasteiger partial charge on any atom is -0.462 e. The number of ether oxygens (including phenoxy) is 3. The number of esters is 3. The first-order valence-corrected chi connectivity index (χ1v) is 32.6. The number of hydrogen-bond acceptors (Lipinski definition) is 10. The van der Waals surface area contributed by atoms with Crippen LogP contribution in [0.15, 0.2) is 97.2 Å². The van der Waals surface area contributed by atoms with Gasteiger partial charge in [-0.05, 0) is 109 Å². The molecule has 0 aliphatic heterocycles. The summed E-state index contributed by atoms with van der Waals surface area (Å²) in [6.07, 6.45) is 70.9. The number of unbranched alkanes of at least 4 members (excludes halogenated alkanes) is 24. The van der Waals surface area contributed by atoms with Crippen molar-refractivity contribution in [1.82, 2.24) is 0 Å². The summed E-state index contributed by atoms with van der Waals surface area (Å²) in [6.45, 7) is 4.44. The predicted octanol–water partition coefficient (Wildman–Crippen LogP) is 18.8. The molecule has 0 amide bonds. The van der Waals surface area contributed by atoms with Crippen LogP contribution in [0.4, 0.5) is 0 Å². The van der Waals surface area contributed by atoms with Crippen LogP contribution in [0, 0.1) is 0 Å². The lowest BCUT2D eigenvalue weighted by molar-refractivity contribution is -0.161. The molecule has 0 fully saturated rings. The number of phosphoric ester groups is 1. The standard InChI is InChI=1S/C66H113O11P/c1-4-7-10-13-16-19-22-25-28-30-31-33-35-37-40-43-46-49-52-55-64(68)73-59-63(77-66(70)57-54-51-48-45-42-39-36-32-29-26-23-20-17-14-11-8-5-2)61-75-78(71,72)74-60-62(58-67)76-65(69)56-53-50-47-44-41-38-34-27-24-21-18-15-12-9-6-3/h7,10,16,19,25-29,31,33-34,37,40,46,49,62-63,67H,4-6,8-9,11-15,17-18,20-24,30,32,35-36,38-39,41-45,47-48,50-61H2,1-3H3,(H,71,72)/b10-7-,19-16-,28-25-,29-26-,33-31-,34-27-,40-37-,49-46-. The van der Waals surface area contributed by atoms with Gasteiger partial charge in [0, 0.05) is 19.3 Å². The highest BCUT2D eigenvalue weighted by atomic mass is 31.2. The molecule has 0 spiro atoms. The van der Waals surface area contributed by atoms with E-state index in [9.17, 15) is 28.9 Å². The number of phosphoric acid groups is 1. The summed E-state index contributed by atoms with van der Waals surface area (Å²) in [5.41, 5.74) is 0. The van der Waals surface area contributed by atoms with Gasteiger partial charge in [0.1, 0.15) is 12.7 Å². The topological polar surface area (TPSA) is 155 Å². The van der Waals surface area contributed by atoms with Gasteiger partial charge in [-0.25, -0.2) is 4.57 Å². The first-order chi connectivity index (χ1) is 38.2. The van der Waals surface area contributed by atoms with E-state index in [-0.39, 0.29) is 25.9 Å². The van der Waals surface area contributed by atoms with E-state index >= 15 is 0 Å². The fourth-order valence-electron chi connectivity index (χ4n) is 8.25. The van der Waals surface area contributed by atoms with Gasteiger partial charge in [0.2, 0.25) is 0 Å². The van der Waals surface area contributed by atoms with Gasteiger partial charge in [-0.2, -0.15) is 0 Å². The first-order valence-electron chi connectivity index (χ1n) is 31.1. The van der Waals surface area contributed by atoms with Gasteiger partial charge in [-0.3, -0.25) is 23.4 Å². The van der Waals surface area contributed by atoms with Gasteiger partial charge in [0.15, 0.2) is 6.10 Å². The van der Waals surface area contributed by atoms with Crippen molar-refractivity contribution in [2.75, 3.05) is 26.4 Å². The van der Waals surface area contributed by atoms with Crippen LogP contribution in [-0.2, 0) is 42.2 Å². The van der Waals surface area contributed by atoms with Crippen LogP contribution in [-0.4, -0.2) is 66.5 Å². The maximum absolute atomic E-state index is 12.9. The molecule has 448 valence electrons. The second-order valence-electron chi connectivity index (χ2n) is 20.5. The van der Waals surface area contributed by atoms with Crippen LogP contribution in [0.3, 0.4) is 0 Å². The molecule has 0 bridgehead atoms. The van der Waals surface area contributed by atoms with E-state index in [4.69, 9.17) is 23.3 Å². The molecule has 3 unspecified atom stereocenters. The van der Waals surface area contributed by atoms with Crippen molar-refractivity contribution in [3.8, 4) is 0 Å². The van der Waals surface area contributed by atoms with Gasteiger partial charge >= 0.3 is 25.7 Å². The minimum absolute atomic E-state index is 0.0970. The summed E-state index contributed by atoms with van der Waals surface area (Å²) >= 11 is 0. The number of aliphatic hydroxyl groups excluding tert-OH is 1. The van der Waals surface area contributed by atoms with Crippen molar-refractivity contribution >= 4 is 25.7 Å². The number of carbonyl (C=O) groups excluding carboxylic acids is 3. The fraction of sp³-hybridized carbons (Fsp3) is 0.712. The van der Waals surface area contributed by atoms with Gasteiger partial charge in [-0.1, -0.05) is 234 Å². The van der Waals surface area contributed by atoms with Gasteiger partial charge in [0.05, 0.1) is 19.8 Å². The second kappa shape index (κ2) is 59.5. The SMILES string of the molecule is CC/C=C\C/C=C\C/C=C\C/C=C\C/C=C\C/C=C\CCC(=O)OCC(COP(=O)(O)OCC(CO)OC(=O)CCCCCCC/C=C\CCCCCCCC)OC(=O)CCCCCCCCC/C=C\CCCCCCCC. The summed E-state index contributed by atoms with van der Waals surface area (Å²) in [5, 5.41) is 9.84. The van der Waals surface area contributed by atoms with Crippen molar-refractivity contribution in [3.05, 3.63) is 97.2 Å². The predicted molar refractivity (Wildman–Crippen MR) is 325 cm³/mol.